The van der Waals surface area contributed by atoms with Gasteiger partial charge in [-0.2, -0.15) is 0 Å². The fourth-order valence-corrected chi connectivity index (χ4v) is 4.04. The summed E-state index contributed by atoms with van der Waals surface area (Å²) in [7, 11) is 2.59. The molecule has 0 saturated carbocycles. The van der Waals surface area contributed by atoms with E-state index in [1.54, 1.807) is 34.3 Å². The smallest absolute Gasteiger partial charge is 0.463 e. The van der Waals surface area contributed by atoms with Gasteiger partial charge in [0.1, 0.15) is 0 Å². The first-order valence-corrected chi connectivity index (χ1v) is 10.0. The maximum atomic E-state index is 11.1. The fraction of sp³-hybridized carbons (Fsp3) is 0.812. The lowest BCUT2D eigenvalue weighted by atomic mass is 10.1. The molecular weight excluding hydrogens is 300 g/mol. The number of carbonyl (C=O) groups is 1. The zero-order chi connectivity index (χ0) is 16.7. The highest BCUT2D eigenvalue weighted by Crippen LogP contribution is 2.18. The molecule has 0 aliphatic carbocycles. The summed E-state index contributed by atoms with van der Waals surface area (Å²) in [5.74, 6) is -0.246. The van der Waals surface area contributed by atoms with Gasteiger partial charge in [-0.05, 0) is 19.8 Å². The average Bonchev–Trinajstić information content (AvgIpc) is 2.54. The minimum atomic E-state index is -2.38. The Morgan fingerprint density at radius 3 is 1.86 bits per heavy atom. The summed E-state index contributed by atoms with van der Waals surface area (Å²) in [4.78, 5) is 11.1. The van der Waals surface area contributed by atoms with Crippen molar-refractivity contribution in [2.24, 2.45) is 0 Å². The van der Waals surface area contributed by atoms with Crippen LogP contribution in [0.5, 0.6) is 0 Å². The molecule has 0 bridgehead atoms. The first-order valence-electron chi connectivity index (χ1n) is 8.09. The van der Waals surface area contributed by atoms with Crippen LogP contribution in [-0.4, -0.2) is 42.7 Å². The lowest BCUT2D eigenvalue weighted by molar-refractivity contribution is -0.137. The van der Waals surface area contributed by atoms with E-state index in [-0.39, 0.29) is 5.97 Å². The highest BCUT2D eigenvalue weighted by atomic mass is 28.4. The second-order valence-corrected chi connectivity index (χ2v) is 8.28. The van der Waals surface area contributed by atoms with Gasteiger partial charge < -0.3 is 18.0 Å². The Kier molecular flexibility index (Phi) is 13.5. The van der Waals surface area contributed by atoms with Crippen LogP contribution in [0.2, 0.25) is 6.04 Å². The van der Waals surface area contributed by atoms with Crippen LogP contribution in [0.15, 0.2) is 12.2 Å². The molecule has 0 spiro atoms. The van der Waals surface area contributed by atoms with Gasteiger partial charge in [0.15, 0.2) is 0 Å². The van der Waals surface area contributed by atoms with Crippen LogP contribution in [-0.2, 0) is 22.8 Å². The Labute approximate surface area is 136 Å². The van der Waals surface area contributed by atoms with Crippen LogP contribution < -0.4 is 0 Å². The SMILES string of the molecule is CC=CC(=O)OCCCCCCCCC[Si](OC)(OC)OC. The third-order valence-corrected chi connectivity index (χ3v) is 6.44. The number of ether oxygens (including phenoxy) is 1. The van der Waals surface area contributed by atoms with Crippen LogP contribution in [0, 0.1) is 0 Å². The average molecular weight is 333 g/mol. The summed E-state index contributed by atoms with van der Waals surface area (Å²) in [6.45, 7) is 2.33. The molecule has 0 heterocycles. The number of hydrogen-bond acceptors (Lipinski definition) is 5. The molecule has 22 heavy (non-hydrogen) atoms. The molecule has 0 radical (unpaired) electrons. The van der Waals surface area contributed by atoms with E-state index in [9.17, 15) is 4.79 Å². The molecule has 0 unspecified atom stereocenters. The molecule has 0 fully saturated rings. The normalized spacial score (nSPS) is 12.0. The predicted molar refractivity (Wildman–Crippen MR) is 89.7 cm³/mol. The van der Waals surface area contributed by atoms with Gasteiger partial charge in [-0.15, -0.1) is 0 Å². The molecule has 0 N–H and O–H groups in total. The first kappa shape index (κ1) is 21.3. The van der Waals surface area contributed by atoms with Gasteiger partial charge in [0.2, 0.25) is 0 Å². The largest absolute Gasteiger partial charge is 0.500 e. The van der Waals surface area contributed by atoms with Crippen molar-refractivity contribution < 1.29 is 22.8 Å². The number of esters is 1. The predicted octanol–water partition coefficient (Wildman–Crippen LogP) is 3.71. The molecule has 0 saturated heterocycles. The van der Waals surface area contributed by atoms with E-state index in [2.05, 4.69) is 0 Å². The Morgan fingerprint density at radius 2 is 1.36 bits per heavy atom. The molecule has 6 heteroatoms. The second-order valence-electron chi connectivity index (χ2n) is 5.19. The highest BCUT2D eigenvalue weighted by Gasteiger charge is 2.36. The van der Waals surface area contributed by atoms with Crippen LogP contribution >= 0.6 is 0 Å². The third-order valence-electron chi connectivity index (χ3n) is 3.61. The van der Waals surface area contributed by atoms with Crippen molar-refractivity contribution >= 4 is 14.8 Å². The van der Waals surface area contributed by atoms with Gasteiger partial charge in [0.05, 0.1) is 6.61 Å². The Bertz CT molecular complexity index is 295. The van der Waals surface area contributed by atoms with E-state index in [0.29, 0.717) is 6.61 Å². The third kappa shape index (κ3) is 10.1. The fourth-order valence-electron chi connectivity index (χ4n) is 2.24. The molecule has 0 aliphatic rings. The summed E-state index contributed by atoms with van der Waals surface area (Å²) < 4.78 is 21.2. The van der Waals surface area contributed by atoms with E-state index in [1.165, 1.54) is 31.8 Å². The molecule has 130 valence electrons. The number of carbonyl (C=O) groups excluding carboxylic acids is 1. The standard InChI is InChI=1S/C16H32O5Si/c1-5-13-16(17)21-14-11-9-7-6-8-10-12-15-22(18-2,19-3)20-4/h5,13H,6-12,14-15H2,1-4H3. The van der Waals surface area contributed by atoms with Gasteiger partial charge in [-0.25, -0.2) is 4.79 Å². The summed E-state index contributed by atoms with van der Waals surface area (Å²) in [6.07, 6.45) is 11.0. The minimum absolute atomic E-state index is 0.246. The van der Waals surface area contributed by atoms with Gasteiger partial charge in [-0.1, -0.05) is 38.2 Å². The number of rotatable bonds is 14. The number of unbranched alkanes of at least 4 members (excludes halogenated alkanes) is 6. The molecule has 0 rings (SSSR count). The van der Waals surface area contributed by atoms with Crippen molar-refractivity contribution in [2.45, 2.75) is 57.9 Å². The summed E-state index contributed by atoms with van der Waals surface area (Å²) in [5, 5.41) is 0. The van der Waals surface area contributed by atoms with Crippen LogP contribution in [0.1, 0.15) is 51.9 Å². The van der Waals surface area contributed by atoms with Crippen molar-refractivity contribution in [3.05, 3.63) is 12.2 Å². The van der Waals surface area contributed by atoms with Crippen molar-refractivity contribution in [3.8, 4) is 0 Å². The number of hydrogen-bond donors (Lipinski definition) is 0. The van der Waals surface area contributed by atoms with Gasteiger partial charge in [0, 0.05) is 33.4 Å². The van der Waals surface area contributed by atoms with Crippen molar-refractivity contribution in [1.82, 2.24) is 0 Å². The summed E-state index contributed by atoms with van der Waals surface area (Å²) in [5.41, 5.74) is 0. The van der Waals surface area contributed by atoms with Crippen molar-refractivity contribution in [2.75, 3.05) is 27.9 Å². The lowest BCUT2D eigenvalue weighted by Crippen LogP contribution is -2.42. The maximum Gasteiger partial charge on any atom is 0.500 e. The van der Waals surface area contributed by atoms with Crippen LogP contribution in [0.4, 0.5) is 0 Å². The van der Waals surface area contributed by atoms with Crippen LogP contribution in [0.3, 0.4) is 0 Å². The Hall–Kier alpha value is -0.693. The molecule has 5 nitrogen and oxygen atoms in total. The van der Waals surface area contributed by atoms with Gasteiger partial charge in [-0.3, -0.25) is 0 Å². The molecule has 0 amide bonds. The quantitative estimate of drug-likeness (QED) is 0.210. The van der Waals surface area contributed by atoms with E-state index in [0.717, 1.165) is 25.3 Å². The molecular formula is C16H32O5Si. The first-order chi connectivity index (χ1) is 10.6. The second kappa shape index (κ2) is 13.9. The summed E-state index contributed by atoms with van der Waals surface area (Å²) in [6, 6.07) is 0.872. The van der Waals surface area contributed by atoms with E-state index in [1.807, 2.05) is 0 Å². The minimum Gasteiger partial charge on any atom is -0.463 e. The topological polar surface area (TPSA) is 54.0 Å². The van der Waals surface area contributed by atoms with Crippen LogP contribution in [0.25, 0.3) is 0 Å². The van der Waals surface area contributed by atoms with Gasteiger partial charge in [0.25, 0.3) is 0 Å². The zero-order valence-electron chi connectivity index (χ0n) is 14.6. The Balaban J connectivity index is 3.42. The van der Waals surface area contributed by atoms with E-state index < -0.39 is 8.80 Å². The van der Waals surface area contributed by atoms with Crippen molar-refractivity contribution in [1.29, 1.82) is 0 Å². The molecule has 0 aliphatic heterocycles. The van der Waals surface area contributed by atoms with Gasteiger partial charge >= 0.3 is 14.8 Å². The van der Waals surface area contributed by atoms with E-state index in [4.69, 9.17) is 18.0 Å². The lowest BCUT2D eigenvalue weighted by Gasteiger charge is -2.24. The molecule has 0 atom stereocenters. The Morgan fingerprint density at radius 1 is 0.864 bits per heavy atom. The highest BCUT2D eigenvalue weighted by molar-refractivity contribution is 6.60. The van der Waals surface area contributed by atoms with E-state index >= 15 is 0 Å². The monoisotopic (exact) mass is 332 g/mol. The van der Waals surface area contributed by atoms with Crippen molar-refractivity contribution in [3.63, 3.8) is 0 Å². The zero-order valence-corrected chi connectivity index (χ0v) is 15.6. The molecule has 0 aromatic carbocycles. The number of allylic oxidation sites excluding steroid dienone is 1. The maximum absolute atomic E-state index is 11.1. The summed E-state index contributed by atoms with van der Waals surface area (Å²) >= 11 is 0. The molecule has 0 aromatic heterocycles. The molecule has 0 aromatic rings.